The lowest BCUT2D eigenvalue weighted by atomic mass is 10.1. The normalized spacial score (nSPS) is 24.4. The number of aliphatic imine (C=N–C) groups is 1. The highest BCUT2D eigenvalue weighted by Crippen LogP contribution is 2.31. The van der Waals surface area contributed by atoms with E-state index < -0.39 is 0 Å². The summed E-state index contributed by atoms with van der Waals surface area (Å²) in [5.74, 6) is 2.40. The molecular formula is C14H29IN4. The Labute approximate surface area is 134 Å². The minimum Gasteiger partial charge on any atom is -0.356 e. The van der Waals surface area contributed by atoms with Crippen LogP contribution in [0.15, 0.2) is 4.99 Å². The topological polar surface area (TPSA) is 39.7 Å². The standard InChI is InChI=1S/C14H28N4.HI/c1-11(2)8-16-14(15-3)17-9-12-6-7-18(10-12)13-4-5-13;/h11-13H,4-10H2,1-3H3,(H2,15,16,17);1H. The van der Waals surface area contributed by atoms with E-state index in [1.807, 2.05) is 7.05 Å². The second kappa shape index (κ2) is 8.29. The van der Waals surface area contributed by atoms with Gasteiger partial charge >= 0.3 is 0 Å². The summed E-state index contributed by atoms with van der Waals surface area (Å²) in [4.78, 5) is 6.93. The Bertz CT molecular complexity index is 289. The summed E-state index contributed by atoms with van der Waals surface area (Å²) in [5, 5.41) is 6.82. The van der Waals surface area contributed by atoms with E-state index in [0.29, 0.717) is 5.92 Å². The van der Waals surface area contributed by atoms with Gasteiger partial charge in [-0.15, -0.1) is 24.0 Å². The fourth-order valence-corrected chi connectivity index (χ4v) is 2.56. The number of hydrogen-bond donors (Lipinski definition) is 2. The first-order valence-electron chi connectivity index (χ1n) is 7.37. The van der Waals surface area contributed by atoms with Crippen LogP contribution in [-0.4, -0.2) is 50.1 Å². The zero-order chi connectivity index (χ0) is 13.0. The van der Waals surface area contributed by atoms with Gasteiger partial charge in [0.2, 0.25) is 0 Å². The first-order valence-corrected chi connectivity index (χ1v) is 7.37. The molecular weight excluding hydrogens is 351 g/mol. The molecule has 112 valence electrons. The van der Waals surface area contributed by atoms with Crippen LogP contribution in [0.25, 0.3) is 0 Å². The van der Waals surface area contributed by atoms with Gasteiger partial charge in [0.15, 0.2) is 5.96 Å². The maximum absolute atomic E-state index is 4.27. The Morgan fingerprint density at radius 2 is 2.00 bits per heavy atom. The summed E-state index contributed by atoms with van der Waals surface area (Å²) in [6, 6.07) is 0.924. The van der Waals surface area contributed by atoms with Crippen molar-refractivity contribution in [3.05, 3.63) is 0 Å². The number of guanidine groups is 1. The minimum absolute atomic E-state index is 0. The van der Waals surface area contributed by atoms with E-state index in [2.05, 4.69) is 34.4 Å². The fourth-order valence-electron chi connectivity index (χ4n) is 2.56. The molecule has 0 aromatic carbocycles. The van der Waals surface area contributed by atoms with Crippen molar-refractivity contribution in [2.75, 3.05) is 33.2 Å². The molecule has 0 spiro atoms. The van der Waals surface area contributed by atoms with Crippen molar-refractivity contribution >= 4 is 29.9 Å². The third-order valence-electron chi connectivity index (χ3n) is 3.84. The fraction of sp³-hybridized carbons (Fsp3) is 0.929. The van der Waals surface area contributed by atoms with Crippen LogP contribution in [0.3, 0.4) is 0 Å². The molecule has 2 N–H and O–H groups in total. The van der Waals surface area contributed by atoms with Crippen LogP contribution in [0.2, 0.25) is 0 Å². The molecule has 19 heavy (non-hydrogen) atoms. The maximum Gasteiger partial charge on any atom is 0.190 e. The molecule has 2 aliphatic rings. The third-order valence-corrected chi connectivity index (χ3v) is 3.84. The molecule has 0 aromatic rings. The van der Waals surface area contributed by atoms with Crippen molar-refractivity contribution in [1.82, 2.24) is 15.5 Å². The molecule has 2 rings (SSSR count). The highest BCUT2D eigenvalue weighted by atomic mass is 127. The molecule has 2 fully saturated rings. The van der Waals surface area contributed by atoms with E-state index in [4.69, 9.17) is 0 Å². The Morgan fingerprint density at radius 3 is 2.58 bits per heavy atom. The zero-order valence-electron chi connectivity index (χ0n) is 12.5. The Balaban J connectivity index is 0.00000180. The molecule has 1 aliphatic carbocycles. The van der Waals surface area contributed by atoms with Gasteiger partial charge in [0.1, 0.15) is 0 Å². The smallest absolute Gasteiger partial charge is 0.190 e. The Hall–Kier alpha value is -0.0400. The van der Waals surface area contributed by atoms with Gasteiger partial charge in [-0.25, -0.2) is 0 Å². The SMILES string of the molecule is CN=C(NCC(C)C)NCC1CCN(C2CC2)C1.I. The molecule has 1 aliphatic heterocycles. The molecule has 5 heteroatoms. The minimum atomic E-state index is 0. The Morgan fingerprint density at radius 1 is 1.26 bits per heavy atom. The lowest BCUT2D eigenvalue weighted by molar-refractivity contribution is 0.314. The van der Waals surface area contributed by atoms with Gasteiger partial charge in [-0.05, 0) is 37.6 Å². The van der Waals surface area contributed by atoms with Crippen LogP contribution < -0.4 is 10.6 Å². The van der Waals surface area contributed by atoms with Gasteiger partial charge in [0, 0.05) is 32.7 Å². The molecule has 1 atom stereocenters. The van der Waals surface area contributed by atoms with Crippen molar-refractivity contribution in [2.45, 2.75) is 39.2 Å². The summed E-state index contributed by atoms with van der Waals surface area (Å²) < 4.78 is 0. The van der Waals surface area contributed by atoms with Gasteiger partial charge in [-0.1, -0.05) is 13.8 Å². The molecule has 1 saturated heterocycles. The lowest BCUT2D eigenvalue weighted by Gasteiger charge is -2.17. The van der Waals surface area contributed by atoms with E-state index in [1.165, 1.54) is 32.4 Å². The van der Waals surface area contributed by atoms with E-state index in [0.717, 1.165) is 31.0 Å². The largest absolute Gasteiger partial charge is 0.356 e. The van der Waals surface area contributed by atoms with Gasteiger partial charge < -0.3 is 15.5 Å². The maximum atomic E-state index is 4.27. The van der Waals surface area contributed by atoms with E-state index in [1.54, 1.807) is 0 Å². The van der Waals surface area contributed by atoms with Crippen molar-refractivity contribution in [3.63, 3.8) is 0 Å². The number of halogens is 1. The number of nitrogens with zero attached hydrogens (tertiary/aromatic N) is 2. The predicted octanol–water partition coefficient (Wildman–Crippen LogP) is 1.91. The second-order valence-corrected chi connectivity index (χ2v) is 6.11. The van der Waals surface area contributed by atoms with E-state index in [-0.39, 0.29) is 24.0 Å². The summed E-state index contributed by atoms with van der Waals surface area (Å²) in [6.45, 7) is 9.04. The van der Waals surface area contributed by atoms with Crippen LogP contribution in [-0.2, 0) is 0 Å². The molecule has 1 heterocycles. The number of likely N-dealkylation sites (tertiary alicyclic amines) is 1. The van der Waals surface area contributed by atoms with Gasteiger partial charge in [0.05, 0.1) is 0 Å². The average molecular weight is 380 g/mol. The number of rotatable bonds is 5. The molecule has 0 bridgehead atoms. The second-order valence-electron chi connectivity index (χ2n) is 6.11. The van der Waals surface area contributed by atoms with Gasteiger partial charge in [0.25, 0.3) is 0 Å². The lowest BCUT2D eigenvalue weighted by Crippen LogP contribution is -2.41. The molecule has 4 nitrogen and oxygen atoms in total. The van der Waals surface area contributed by atoms with Crippen molar-refractivity contribution < 1.29 is 0 Å². The molecule has 0 amide bonds. The summed E-state index contributed by atoms with van der Waals surface area (Å²) in [7, 11) is 1.85. The van der Waals surface area contributed by atoms with Crippen LogP contribution in [0, 0.1) is 11.8 Å². The van der Waals surface area contributed by atoms with Crippen LogP contribution in [0.4, 0.5) is 0 Å². The van der Waals surface area contributed by atoms with Crippen LogP contribution >= 0.6 is 24.0 Å². The zero-order valence-corrected chi connectivity index (χ0v) is 14.8. The molecule has 1 unspecified atom stereocenters. The predicted molar refractivity (Wildman–Crippen MR) is 92.3 cm³/mol. The summed E-state index contributed by atoms with van der Waals surface area (Å²) in [5.41, 5.74) is 0. The van der Waals surface area contributed by atoms with Crippen molar-refractivity contribution in [3.8, 4) is 0 Å². The first kappa shape index (κ1) is 17.0. The Kier molecular flexibility index (Phi) is 7.42. The van der Waals surface area contributed by atoms with Crippen LogP contribution in [0.5, 0.6) is 0 Å². The monoisotopic (exact) mass is 380 g/mol. The highest BCUT2D eigenvalue weighted by Gasteiger charge is 2.34. The quantitative estimate of drug-likeness (QED) is 0.435. The highest BCUT2D eigenvalue weighted by molar-refractivity contribution is 14.0. The molecule has 1 saturated carbocycles. The summed E-state index contributed by atoms with van der Waals surface area (Å²) in [6.07, 6.45) is 4.19. The molecule has 0 radical (unpaired) electrons. The number of hydrogen-bond acceptors (Lipinski definition) is 2. The van der Waals surface area contributed by atoms with Gasteiger partial charge in [-0.3, -0.25) is 4.99 Å². The van der Waals surface area contributed by atoms with E-state index in [9.17, 15) is 0 Å². The van der Waals surface area contributed by atoms with Crippen molar-refractivity contribution in [1.29, 1.82) is 0 Å². The summed E-state index contributed by atoms with van der Waals surface area (Å²) >= 11 is 0. The van der Waals surface area contributed by atoms with Gasteiger partial charge in [-0.2, -0.15) is 0 Å². The van der Waals surface area contributed by atoms with Crippen molar-refractivity contribution in [2.24, 2.45) is 16.8 Å². The van der Waals surface area contributed by atoms with E-state index >= 15 is 0 Å². The average Bonchev–Trinajstić information content (AvgIpc) is 3.09. The third kappa shape index (κ3) is 5.85. The van der Waals surface area contributed by atoms with Crippen LogP contribution in [0.1, 0.15) is 33.1 Å². The number of nitrogens with one attached hydrogen (secondary N) is 2. The first-order chi connectivity index (χ1) is 8.69. The molecule has 0 aromatic heterocycles.